The Morgan fingerprint density at radius 2 is 1.27 bits per heavy atom. The lowest BCUT2D eigenvalue weighted by Crippen LogP contribution is -2.84. The quantitative estimate of drug-likeness (QED) is 0.0757. The molecule has 4 saturated carbocycles. The molecule has 4 fully saturated rings. The minimum Gasteiger partial charge on any atom is -0.378 e. The molecule has 0 unspecified atom stereocenters. The summed E-state index contributed by atoms with van der Waals surface area (Å²) in [6.07, 6.45) is 30.2. The van der Waals surface area contributed by atoms with Gasteiger partial charge < -0.3 is 36.7 Å². The van der Waals surface area contributed by atoms with Gasteiger partial charge in [-0.05, 0) is 112 Å². The van der Waals surface area contributed by atoms with Crippen molar-refractivity contribution >= 4 is 0 Å². The van der Waals surface area contributed by atoms with Gasteiger partial charge in [-0.3, -0.25) is 0 Å². The van der Waals surface area contributed by atoms with Crippen LogP contribution in [0.4, 0.5) is 0 Å². The monoisotopic (exact) mass is 737 g/mol. The van der Waals surface area contributed by atoms with Crippen LogP contribution >= 0.6 is 0 Å². The summed E-state index contributed by atoms with van der Waals surface area (Å²) < 4.78 is 20.6. The third-order valence-electron chi connectivity index (χ3n) is 15.5. The first-order valence-electron chi connectivity index (χ1n) is 23.4. The zero-order chi connectivity index (χ0) is 37.2. The summed E-state index contributed by atoms with van der Waals surface area (Å²) in [5.41, 5.74) is 13.0. The Bertz CT molecular complexity index is 940. The van der Waals surface area contributed by atoms with E-state index in [0.717, 1.165) is 70.6 Å². The summed E-state index contributed by atoms with van der Waals surface area (Å²) in [5, 5.41) is 2.63. The summed E-state index contributed by atoms with van der Waals surface area (Å²) in [7, 11) is 0. The molecule has 0 aromatic heterocycles. The fourth-order valence-electron chi connectivity index (χ4n) is 12.4. The zero-order valence-corrected chi connectivity index (χ0v) is 35.3. The van der Waals surface area contributed by atoms with Gasteiger partial charge in [-0.2, -0.15) is 0 Å². The van der Waals surface area contributed by atoms with Crippen molar-refractivity contribution in [2.45, 2.75) is 187 Å². The minimum absolute atomic E-state index is 0.229. The van der Waals surface area contributed by atoms with E-state index in [2.05, 4.69) is 50.2 Å². The van der Waals surface area contributed by atoms with E-state index in [9.17, 15) is 0 Å². The predicted molar refractivity (Wildman–Crippen MR) is 214 cm³/mol. The largest absolute Gasteiger partial charge is 0.378 e. The van der Waals surface area contributed by atoms with Crippen LogP contribution in [0.1, 0.15) is 169 Å². The van der Waals surface area contributed by atoms with Crippen molar-refractivity contribution < 1.29 is 36.7 Å². The molecule has 0 aromatic rings. The molecule has 0 radical (unpaired) electrons. The first kappa shape index (κ1) is 44.4. The Labute approximate surface area is 322 Å². The molecule has 7 heteroatoms. The van der Waals surface area contributed by atoms with Gasteiger partial charge >= 0.3 is 0 Å². The van der Waals surface area contributed by atoms with Crippen molar-refractivity contribution in [1.29, 1.82) is 0 Å². The average molecular weight is 737 g/mol. The zero-order valence-electron chi connectivity index (χ0n) is 35.3. The van der Waals surface area contributed by atoms with E-state index in [1.165, 1.54) is 135 Å². The van der Waals surface area contributed by atoms with Crippen LogP contribution in [0.2, 0.25) is 0 Å². The molecule has 306 valence electrons. The molecule has 11 atom stereocenters. The summed E-state index contributed by atoms with van der Waals surface area (Å²) in [4.78, 5) is 0. The first-order valence-corrected chi connectivity index (χ1v) is 23.4. The van der Waals surface area contributed by atoms with Crippen molar-refractivity contribution in [1.82, 2.24) is 0 Å². The highest BCUT2D eigenvalue weighted by atomic mass is 16.5. The highest BCUT2D eigenvalue weighted by molar-refractivity contribution is 5.15. The number of nitrogens with two attached hydrogens (primary N) is 1. The van der Waals surface area contributed by atoms with E-state index in [1.807, 2.05) is 0 Å². The molecule has 0 amide bonds. The molecule has 52 heavy (non-hydrogen) atoms. The van der Waals surface area contributed by atoms with Crippen LogP contribution in [0.25, 0.3) is 0 Å². The normalized spacial score (nSPS) is 34.9. The van der Waals surface area contributed by atoms with Gasteiger partial charge in [0, 0.05) is 24.7 Å². The summed E-state index contributed by atoms with van der Waals surface area (Å²) in [6.45, 7) is 18.4. The van der Waals surface area contributed by atoms with Crippen LogP contribution in [0.3, 0.4) is 0 Å². The molecular formula is C45H92N4O3+4. The van der Waals surface area contributed by atoms with Crippen molar-refractivity contribution in [2.75, 3.05) is 52.5 Å². The molecular weight excluding hydrogens is 645 g/mol. The van der Waals surface area contributed by atoms with E-state index in [4.69, 9.17) is 14.2 Å². The maximum Gasteiger partial charge on any atom is 0.0762 e. The molecule has 0 aromatic carbocycles. The molecule has 7 nitrogen and oxygen atoms in total. The van der Waals surface area contributed by atoms with Crippen LogP contribution in [-0.2, 0) is 14.2 Å². The summed E-state index contributed by atoms with van der Waals surface area (Å²) in [6, 6.07) is 0. The van der Waals surface area contributed by atoms with Crippen LogP contribution < -0.4 is 22.5 Å². The molecule has 4 aliphatic rings. The number of unbranched alkanes of at least 4 members (excludes halogenated alkanes) is 9. The van der Waals surface area contributed by atoms with Gasteiger partial charge in [0.25, 0.3) is 0 Å². The van der Waals surface area contributed by atoms with Gasteiger partial charge in [0.1, 0.15) is 0 Å². The van der Waals surface area contributed by atoms with Crippen molar-refractivity contribution in [2.24, 2.45) is 46.3 Å². The lowest BCUT2D eigenvalue weighted by Gasteiger charge is -2.65. The second kappa shape index (κ2) is 23.7. The molecule has 0 saturated heterocycles. The molecule has 11 N–H and O–H groups in total. The fraction of sp³-hybridized carbons (Fsp3) is 1.00. The first-order chi connectivity index (χ1) is 25.3. The Balaban J connectivity index is 1.36. The Hall–Kier alpha value is -0.280. The average Bonchev–Trinajstić information content (AvgIpc) is 3.50. The smallest absolute Gasteiger partial charge is 0.0762 e. The Kier molecular flexibility index (Phi) is 20.3. The van der Waals surface area contributed by atoms with E-state index < -0.39 is 0 Å². The van der Waals surface area contributed by atoms with Gasteiger partial charge in [0.2, 0.25) is 0 Å². The SMILES string of the molecule is CCCCCCCCCCCC[NH2+]CCC[C@@H](C)[C@H]1CC[C@H]2[C@@H]3[C@H](OCCC[NH3+])C[C@@H]4C[C@H](OCCC[NH3+])CC[C@]4(C)[C@H]3C[C@H](OCCC[NH3+])[C@]12C. The molecule has 0 spiro atoms. The molecule has 4 aliphatic carbocycles. The van der Waals surface area contributed by atoms with Crippen molar-refractivity contribution in [3.63, 3.8) is 0 Å². The van der Waals surface area contributed by atoms with E-state index >= 15 is 0 Å². The minimum atomic E-state index is 0.229. The Morgan fingerprint density at radius 1 is 0.654 bits per heavy atom. The highest BCUT2D eigenvalue weighted by Gasteiger charge is 2.66. The number of ether oxygens (including phenoxy) is 3. The number of rotatable bonds is 28. The Morgan fingerprint density at radius 3 is 1.94 bits per heavy atom. The number of hydrogen-bond donors (Lipinski definition) is 4. The summed E-state index contributed by atoms with van der Waals surface area (Å²) in [5.74, 6) is 4.19. The van der Waals surface area contributed by atoms with E-state index in [-0.39, 0.29) is 5.41 Å². The molecule has 0 aliphatic heterocycles. The van der Waals surface area contributed by atoms with E-state index in [1.54, 1.807) is 0 Å². The number of fused-ring (bicyclic) bond motifs is 5. The number of hydrogen-bond acceptors (Lipinski definition) is 3. The fourth-order valence-corrected chi connectivity index (χ4v) is 12.4. The van der Waals surface area contributed by atoms with Crippen LogP contribution in [0.15, 0.2) is 0 Å². The lowest BCUT2D eigenvalue weighted by atomic mass is 9.43. The topological polar surface area (TPSA) is 127 Å². The van der Waals surface area contributed by atoms with Crippen molar-refractivity contribution in [3.8, 4) is 0 Å². The van der Waals surface area contributed by atoms with Gasteiger partial charge in [-0.25, -0.2) is 0 Å². The van der Waals surface area contributed by atoms with Gasteiger partial charge in [0.15, 0.2) is 0 Å². The maximum absolute atomic E-state index is 7.12. The standard InChI is InChI=1S/C45H88N4O3/c1-5-6-7-8-9-10-11-12-13-14-27-49-28-15-19-35(2)38-20-21-39-43-40(34-42(45(38,39)4)52-31-18-26-48)44(3)23-22-37(50-29-16-24-46)32-36(44)33-41(43)51-30-17-25-47/h35-43,49H,5-34,46-48H2,1-4H3/p+4/t35-,36+,37-,38-,39+,40+,41-,42+,43+,44+,45-/m1/s1. The lowest BCUT2D eigenvalue weighted by molar-refractivity contribution is -0.655. The van der Waals surface area contributed by atoms with Gasteiger partial charge in [0.05, 0.1) is 70.9 Å². The third-order valence-corrected chi connectivity index (χ3v) is 15.5. The van der Waals surface area contributed by atoms with Crippen LogP contribution in [0.5, 0.6) is 0 Å². The van der Waals surface area contributed by atoms with Gasteiger partial charge in [-0.15, -0.1) is 0 Å². The van der Waals surface area contributed by atoms with Gasteiger partial charge in [-0.1, -0.05) is 79.1 Å². The second-order valence-electron chi connectivity index (χ2n) is 18.8. The highest BCUT2D eigenvalue weighted by Crippen LogP contribution is 2.69. The van der Waals surface area contributed by atoms with Crippen LogP contribution in [-0.4, -0.2) is 70.9 Å². The number of quaternary nitrogens is 4. The third kappa shape index (κ3) is 11.9. The van der Waals surface area contributed by atoms with E-state index in [0.29, 0.717) is 47.4 Å². The molecule has 0 heterocycles. The van der Waals surface area contributed by atoms with Crippen LogP contribution in [0, 0.1) is 46.3 Å². The maximum atomic E-state index is 7.12. The summed E-state index contributed by atoms with van der Waals surface area (Å²) >= 11 is 0. The molecule has 0 bridgehead atoms. The second-order valence-corrected chi connectivity index (χ2v) is 18.8. The molecule has 4 rings (SSSR count). The van der Waals surface area contributed by atoms with Crippen molar-refractivity contribution in [3.05, 3.63) is 0 Å². The predicted octanol–water partition coefficient (Wildman–Crippen LogP) is 5.82.